The van der Waals surface area contributed by atoms with Crippen LogP contribution in [0.15, 0.2) is 6.07 Å². The molecule has 1 aromatic rings. The second-order valence-electron chi connectivity index (χ2n) is 6.05. The van der Waals surface area contributed by atoms with Crippen molar-refractivity contribution in [1.29, 1.82) is 0 Å². The molecule has 2 N–H and O–H groups in total. The molecule has 1 rings (SSSR count). The van der Waals surface area contributed by atoms with Gasteiger partial charge in [-0.25, -0.2) is 0 Å². The smallest absolute Gasteiger partial charge is 0.126 e. The molecule has 0 saturated carbocycles. The molecule has 0 aliphatic rings. The molecule has 0 aromatic heterocycles. The van der Waals surface area contributed by atoms with Gasteiger partial charge in [-0.2, -0.15) is 0 Å². The van der Waals surface area contributed by atoms with E-state index in [1.54, 1.807) is 0 Å². The highest BCUT2D eigenvalue weighted by Crippen LogP contribution is 2.40. The lowest BCUT2D eigenvalue weighted by atomic mass is 9.86. The molecule has 0 heterocycles. The third-order valence-electron chi connectivity index (χ3n) is 4.03. The van der Waals surface area contributed by atoms with Gasteiger partial charge in [-0.05, 0) is 69.6 Å². The predicted octanol–water partition coefficient (Wildman–Crippen LogP) is 5.37. The number of nitrogens with two attached hydrogens (primary N) is 1. The monoisotopic (exact) mass is 311 g/mol. The van der Waals surface area contributed by atoms with Gasteiger partial charge in [0.25, 0.3) is 0 Å². The Morgan fingerprint density at radius 3 is 2.43 bits per heavy atom. The number of benzene rings is 1. The number of rotatable bonds is 8. The molecule has 0 aliphatic heterocycles. The van der Waals surface area contributed by atoms with Crippen LogP contribution in [0.3, 0.4) is 0 Å². The van der Waals surface area contributed by atoms with E-state index < -0.39 is 0 Å². The van der Waals surface area contributed by atoms with Gasteiger partial charge < -0.3 is 10.5 Å². The van der Waals surface area contributed by atoms with E-state index in [4.69, 9.17) is 22.1 Å². The highest BCUT2D eigenvalue weighted by atomic mass is 35.5. The minimum absolute atomic E-state index is 0.236. The number of hydrogen-bond donors (Lipinski definition) is 1. The Hall–Kier alpha value is -0.730. The van der Waals surface area contributed by atoms with Crippen LogP contribution in [0, 0.1) is 13.8 Å². The molecule has 21 heavy (non-hydrogen) atoms. The molecule has 0 spiro atoms. The van der Waals surface area contributed by atoms with Gasteiger partial charge in [0.2, 0.25) is 0 Å². The van der Waals surface area contributed by atoms with Crippen molar-refractivity contribution in [3.8, 4) is 5.75 Å². The van der Waals surface area contributed by atoms with Crippen molar-refractivity contribution in [3.05, 3.63) is 27.8 Å². The Morgan fingerprint density at radius 2 is 1.90 bits per heavy atom. The first kappa shape index (κ1) is 18.3. The number of halogens is 1. The normalized spacial score (nSPS) is 14.0. The summed E-state index contributed by atoms with van der Waals surface area (Å²) < 4.78 is 6.05. The summed E-state index contributed by atoms with van der Waals surface area (Å²) >= 11 is 6.41. The van der Waals surface area contributed by atoms with Crippen molar-refractivity contribution >= 4 is 11.6 Å². The fourth-order valence-electron chi connectivity index (χ4n) is 2.78. The molecule has 2 unspecified atom stereocenters. The highest BCUT2D eigenvalue weighted by Gasteiger charge is 2.21. The molecule has 0 amide bonds. The summed E-state index contributed by atoms with van der Waals surface area (Å²) in [6.07, 6.45) is 4.20. The summed E-state index contributed by atoms with van der Waals surface area (Å²) in [4.78, 5) is 0. The van der Waals surface area contributed by atoms with Gasteiger partial charge >= 0.3 is 0 Å². The van der Waals surface area contributed by atoms with E-state index in [2.05, 4.69) is 34.6 Å². The van der Waals surface area contributed by atoms with Crippen LogP contribution >= 0.6 is 11.6 Å². The molecular weight excluding hydrogens is 282 g/mol. The van der Waals surface area contributed by atoms with Gasteiger partial charge in [0, 0.05) is 16.6 Å². The first-order valence-electron chi connectivity index (χ1n) is 8.10. The lowest BCUT2D eigenvalue weighted by molar-refractivity contribution is 0.308. The van der Waals surface area contributed by atoms with Crippen molar-refractivity contribution in [2.24, 2.45) is 5.73 Å². The largest absolute Gasteiger partial charge is 0.493 e. The van der Waals surface area contributed by atoms with E-state index in [1.807, 2.05) is 6.07 Å². The molecule has 0 aliphatic carbocycles. The van der Waals surface area contributed by atoms with Gasteiger partial charge in [-0.15, -0.1) is 0 Å². The highest BCUT2D eigenvalue weighted by molar-refractivity contribution is 6.31. The quantitative estimate of drug-likeness (QED) is 0.700. The zero-order valence-electron chi connectivity index (χ0n) is 14.1. The first-order chi connectivity index (χ1) is 9.92. The Balaban J connectivity index is 3.21. The van der Waals surface area contributed by atoms with E-state index in [-0.39, 0.29) is 6.04 Å². The fourth-order valence-corrected chi connectivity index (χ4v) is 3.04. The van der Waals surface area contributed by atoms with Gasteiger partial charge in [0.05, 0.1) is 6.61 Å². The van der Waals surface area contributed by atoms with Crippen LogP contribution in [0.4, 0.5) is 0 Å². The molecule has 2 atom stereocenters. The van der Waals surface area contributed by atoms with Crippen LogP contribution in [-0.2, 0) is 0 Å². The van der Waals surface area contributed by atoms with Crippen molar-refractivity contribution in [3.63, 3.8) is 0 Å². The Bertz CT molecular complexity index is 457. The Labute approximate surface area is 135 Å². The van der Waals surface area contributed by atoms with Gasteiger partial charge in [-0.1, -0.05) is 25.4 Å². The third-order valence-corrected chi connectivity index (χ3v) is 4.42. The molecule has 0 saturated heterocycles. The van der Waals surface area contributed by atoms with Crippen molar-refractivity contribution < 1.29 is 4.74 Å². The van der Waals surface area contributed by atoms with Crippen LogP contribution in [-0.4, -0.2) is 12.6 Å². The molecule has 0 bridgehead atoms. The van der Waals surface area contributed by atoms with E-state index in [0.717, 1.165) is 54.2 Å². The Morgan fingerprint density at radius 1 is 1.24 bits per heavy atom. The summed E-state index contributed by atoms with van der Waals surface area (Å²) in [5, 5.41) is 0.839. The Kier molecular flexibility index (Phi) is 7.55. The second kappa shape index (κ2) is 8.65. The summed E-state index contributed by atoms with van der Waals surface area (Å²) in [7, 11) is 0. The summed E-state index contributed by atoms with van der Waals surface area (Å²) in [6.45, 7) is 11.4. The lowest BCUT2D eigenvalue weighted by Gasteiger charge is -2.24. The molecule has 0 radical (unpaired) electrons. The second-order valence-corrected chi connectivity index (χ2v) is 6.46. The minimum atomic E-state index is 0.236. The molecule has 120 valence electrons. The van der Waals surface area contributed by atoms with E-state index in [1.165, 1.54) is 5.56 Å². The van der Waals surface area contributed by atoms with E-state index in [0.29, 0.717) is 5.92 Å². The summed E-state index contributed by atoms with van der Waals surface area (Å²) in [5.41, 5.74) is 9.51. The molecule has 1 aromatic carbocycles. The standard InChI is InChI=1S/C18H30ClNO/c1-6-10-21-18-12(3)11-16(19)14(5)17(18)15(7-2)9-8-13(4)20/h11,13,15H,6-10,20H2,1-5H3. The molecule has 3 heteroatoms. The van der Waals surface area contributed by atoms with Gasteiger partial charge in [0.1, 0.15) is 5.75 Å². The average Bonchev–Trinajstić information content (AvgIpc) is 2.43. The SMILES string of the molecule is CCCOc1c(C)cc(Cl)c(C)c1C(CC)CCC(C)N. The number of ether oxygens (including phenoxy) is 1. The zero-order chi connectivity index (χ0) is 16.0. The fraction of sp³-hybridized carbons (Fsp3) is 0.667. The van der Waals surface area contributed by atoms with Crippen LogP contribution in [0.2, 0.25) is 5.02 Å². The van der Waals surface area contributed by atoms with Crippen molar-refractivity contribution in [1.82, 2.24) is 0 Å². The van der Waals surface area contributed by atoms with Crippen LogP contribution < -0.4 is 10.5 Å². The summed E-state index contributed by atoms with van der Waals surface area (Å²) in [5.74, 6) is 1.50. The molecular formula is C18H30ClNO. The maximum absolute atomic E-state index is 6.41. The zero-order valence-corrected chi connectivity index (χ0v) is 14.9. The van der Waals surface area contributed by atoms with Crippen LogP contribution in [0.1, 0.15) is 69.1 Å². The maximum atomic E-state index is 6.41. The van der Waals surface area contributed by atoms with Crippen LogP contribution in [0.5, 0.6) is 5.75 Å². The van der Waals surface area contributed by atoms with E-state index in [9.17, 15) is 0 Å². The molecule has 2 nitrogen and oxygen atoms in total. The van der Waals surface area contributed by atoms with E-state index >= 15 is 0 Å². The minimum Gasteiger partial charge on any atom is -0.493 e. The first-order valence-corrected chi connectivity index (χ1v) is 8.48. The predicted molar refractivity (Wildman–Crippen MR) is 92.6 cm³/mol. The van der Waals surface area contributed by atoms with Gasteiger partial charge in [-0.3, -0.25) is 0 Å². The van der Waals surface area contributed by atoms with Crippen molar-refractivity contribution in [2.45, 2.75) is 72.3 Å². The van der Waals surface area contributed by atoms with Gasteiger partial charge in [0.15, 0.2) is 0 Å². The molecule has 0 fully saturated rings. The number of hydrogen-bond acceptors (Lipinski definition) is 2. The topological polar surface area (TPSA) is 35.2 Å². The average molecular weight is 312 g/mol. The third kappa shape index (κ3) is 4.89. The maximum Gasteiger partial charge on any atom is 0.126 e. The number of aryl methyl sites for hydroxylation is 1. The summed E-state index contributed by atoms with van der Waals surface area (Å²) in [6, 6.07) is 2.25. The van der Waals surface area contributed by atoms with Crippen LogP contribution in [0.25, 0.3) is 0 Å². The lowest BCUT2D eigenvalue weighted by Crippen LogP contribution is -2.16. The van der Waals surface area contributed by atoms with Crippen molar-refractivity contribution in [2.75, 3.05) is 6.61 Å².